The van der Waals surface area contributed by atoms with Crippen LogP contribution in [0, 0.1) is 0 Å². The first kappa shape index (κ1) is 16.4. The summed E-state index contributed by atoms with van der Waals surface area (Å²) in [5, 5.41) is 2.58. The zero-order valence-electron chi connectivity index (χ0n) is 16.6. The molecule has 1 aliphatic rings. The lowest BCUT2D eigenvalue weighted by Gasteiger charge is -2.42. The summed E-state index contributed by atoms with van der Waals surface area (Å²) >= 11 is 0. The Morgan fingerprint density at radius 1 is 0.655 bits per heavy atom. The maximum absolute atomic E-state index is 3.74. The molecule has 0 bridgehead atoms. The predicted molar refractivity (Wildman–Crippen MR) is 123 cm³/mol. The largest absolute Gasteiger partial charge is 0.354 e. The van der Waals surface area contributed by atoms with Crippen LogP contribution in [-0.4, -0.2) is 4.98 Å². The molecule has 0 radical (unpaired) electrons. The van der Waals surface area contributed by atoms with Gasteiger partial charge in [0.1, 0.15) is 0 Å². The fourth-order valence-electron chi connectivity index (χ4n) is 5.04. The average molecular weight is 374 g/mol. The lowest BCUT2D eigenvalue weighted by atomic mass is 9.72. The topological polar surface area (TPSA) is 19.0 Å². The molecule has 0 amide bonds. The van der Waals surface area contributed by atoms with Gasteiger partial charge in [0.15, 0.2) is 0 Å². The van der Waals surface area contributed by atoms with Gasteiger partial charge in [-0.1, -0.05) is 74.5 Å². The molecule has 2 heterocycles. The van der Waals surface area contributed by atoms with Crippen molar-refractivity contribution in [2.45, 2.75) is 19.3 Å². The maximum Gasteiger partial charge on any atom is 0.0527 e. The molecular formula is C27H22N2. The number of nitrogens with one attached hydrogen (secondary N) is 1. The van der Waals surface area contributed by atoms with Crippen LogP contribution in [-0.2, 0) is 5.41 Å². The van der Waals surface area contributed by atoms with Crippen molar-refractivity contribution in [3.05, 3.63) is 102 Å². The molecule has 29 heavy (non-hydrogen) atoms. The van der Waals surface area contributed by atoms with Crippen LogP contribution in [0.1, 0.15) is 25.0 Å². The Bertz CT molecular complexity index is 1380. The molecule has 0 saturated heterocycles. The lowest BCUT2D eigenvalue weighted by Crippen LogP contribution is -2.30. The smallest absolute Gasteiger partial charge is 0.0527 e. The predicted octanol–water partition coefficient (Wildman–Crippen LogP) is 7.43. The van der Waals surface area contributed by atoms with E-state index in [1.54, 1.807) is 0 Å². The molecule has 0 saturated carbocycles. The second-order valence-corrected chi connectivity index (χ2v) is 8.37. The number of fused-ring (bicyclic) bond motifs is 6. The summed E-state index contributed by atoms with van der Waals surface area (Å²) in [7, 11) is 0. The van der Waals surface area contributed by atoms with Crippen LogP contribution in [0.5, 0.6) is 0 Å². The van der Waals surface area contributed by atoms with Crippen LogP contribution < -0.4 is 4.90 Å². The molecular weight excluding hydrogens is 352 g/mol. The molecule has 4 aromatic carbocycles. The van der Waals surface area contributed by atoms with Crippen molar-refractivity contribution in [2.75, 3.05) is 4.90 Å². The number of H-pyrrole nitrogens is 1. The minimum atomic E-state index is -0.113. The quantitative estimate of drug-likeness (QED) is 0.323. The Morgan fingerprint density at radius 2 is 1.38 bits per heavy atom. The number of hydrogen-bond acceptors (Lipinski definition) is 1. The van der Waals surface area contributed by atoms with Crippen LogP contribution in [0.2, 0.25) is 0 Å². The van der Waals surface area contributed by atoms with Crippen molar-refractivity contribution >= 4 is 38.9 Å². The van der Waals surface area contributed by atoms with E-state index < -0.39 is 0 Å². The van der Waals surface area contributed by atoms with Crippen LogP contribution >= 0.6 is 0 Å². The summed E-state index contributed by atoms with van der Waals surface area (Å²) in [6.07, 6.45) is 0. The fraction of sp³-hybridized carbons (Fsp3) is 0.111. The molecule has 0 unspecified atom stereocenters. The van der Waals surface area contributed by atoms with Crippen LogP contribution in [0.15, 0.2) is 91.0 Å². The van der Waals surface area contributed by atoms with Crippen molar-refractivity contribution in [3.8, 4) is 0 Å². The Hall–Kier alpha value is -3.52. The van der Waals surface area contributed by atoms with Gasteiger partial charge >= 0.3 is 0 Å². The summed E-state index contributed by atoms with van der Waals surface area (Å²) in [5.41, 5.74) is 8.72. The van der Waals surface area contributed by atoms with E-state index in [0.717, 1.165) is 0 Å². The summed E-state index contributed by atoms with van der Waals surface area (Å²) in [4.78, 5) is 6.14. The Morgan fingerprint density at radius 3 is 2.24 bits per heavy atom. The number of hydrogen-bond donors (Lipinski definition) is 1. The highest BCUT2D eigenvalue weighted by molar-refractivity contribution is 6.11. The van der Waals surface area contributed by atoms with Gasteiger partial charge in [-0.15, -0.1) is 0 Å². The van der Waals surface area contributed by atoms with E-state index in [4.69, 9.17) is 0 Å². The summed E-state index contributed by atoms with van der Waals surface area (Å²) in [5.74, 6) is 0. The third-order valence-electron chi connectivity index (χ3n) is 6.36. The summed E-state index contributed by atoms with van der Waals surface area (Å²) < 4.78 is 0. The molecule has 5 aromatic rings. The van der Waals surface area contributed by atoms with Gasteiger partial charge in [-0.2, -0.15) is 0 Å². The van der Waals surface area contributed by atoms with Crippen molar-refractivity contribution < 1.29 is 0 Å². The highest BCUT2D eigenvalue weighted by Crippen LogP contribution is 2.54. The molecule has 0 aliphatic carbocycles. The zero-order valence-corrected chi connectivity index (χ0v) is 16.6. The minimum absolute atomic E-state index is 0.113. The van der Waals surface area contributed by atoms with Gasteiger partial charge in [0.05, 0.1) is 16.9 Å². The van der Waals surface area contributed by atoms with Crippen molar-refractivity contribution in [1.29, 1.82) is 0 Å². The lowest BCUT2D eigenvalue weighted by molar-refractivity contribution is 0.637. The summed E-state index contributed by atoms with van der Waals surface area (Å²) in [6.45, 7) is 4.69. The molecule has 2 nitrogen and oxygen atoms in total. The maximum atomic E-state index is 3.74. The molecule has 140 valence electrons. The normalized spacial score (nSPS) is 14.8. The third-order valence-corrected chi connectivity index (χ3v) is 6.36. The van der Waals surface area contributed by atoms with Gasteiger partial charge in [0, 0.05) is 33.0 Å². The number of aromatic nitrogens is 1. The first-order valence-electron chi connectivity index (χ1n) is 10.1. The molecule has 0 atom stereocenters. The highest BCUT2D eigenvalue weighted by Gasteiger charge is 2.38. The van der Waals surface area contributed by atoms with E-state index in [9.17, 15) is 0 Å². The van der Waals surface area contributed by atoms with E-state index >= 15 is 0 Å². The van der Waals surface area contributed by atoms with E-state index in [-0.39, 0.29) is 5.41 Å². The van der Waals surface area contributed by atoms with E-state index in [1.807, 2.05) is 0 Å². The van der Waals surface area contributed by atoms with Crippen LogP contribution in [0.4, 0.5) is 17.1 Å². The molecule has 2 heteroatoms. The molecule has 1 N–H and O–H groups in total. The second-order valence-electron chi connectivity index (χ2n) is 8.37. The zero-order chi connectivity index (χ0) is 19.6. The van der Waals surface area contributed by atoms with Crippen LogP contribution in [0.25, 0.3) is 21.8 Å². The van der Waals surface area contributed by atoms with Gasteiger partial charge < -0.3 is 9.88 Å². The first-order chi connectivity index (χ1) is 14.2. The fourth-order valence-corrected chi connectivity index (χ4v) is 5.04. The second kappa shape index (κ2) is 5.74. The molecule has 0 fully saturated rings. The highest BCUT2D eigenvalue weighted by atomic mass is 15.2. The first-order valence-corrected chi connectivity index (χ1v) is 10.1. The van der Waals surface area contributed by atoms with Gasteiger partial charge in [0.2, 0.25) is 0 Å². The number of para-hydroxylation sites is 3. The van der Waals surface area contributed by atoms with Gasteiger partial charge in [0.25, 0.3) is 0 Å². The summed E-state index contributed by atoms with van der Waals surface area (Å²) in [6, 6.07) is 32.6. The van der Waals surface area contributed by atoms with E-state index in [0.29, 0.717) is 0 Å². The van der Waals surface area contributed by atoms with Gasteiger partial charge in [-0.3, -0.25) is 0 Å². The monoisotopic (exact) mass is 374 g/mol. The number of rotatable bonds is 1. The minimum Gasteiger partial charge on any atom is -0.354 e. The Labute approximate surface area is 170 Å². The standard InChI is InChI=1S/C27H22N2/c1-27(2)21-13-7-9-15-23(21)29(18-10-4-3-5-11-18)24-17-16-20-19-12-6-8-14-22(19)28-26(20)25(24)27/h3-17,28H,1-2H3. The van der Waals surface area contributed by atoms with Gasteiger partial charge in [-0.25, -0.2) is 0 Å². The molecule has 0 spiro atoms. The van der Waals surface area contributed by atoms with Crippen molar-refractivity contribution in [3.63, 3.8) is 0 Å². The molecule has 1 aliphatic heterocycles. The number of anilines is 3. The average Bonchev–Trinajstić information content (AvgIpc) is 3.13. The van der Waals surface area contributed by atoms with E-state index in [2.05, 4.69) is 115 Å². The number of nitrogens with zero attached hydrogens (tertiary/aromatic N) is 1. The van der Waals surface area contributed by atoms with Crippen molar-refractivity contribution in [2.24, 2.45) is 0 Å². The third kappa shape index (κ3) is 2.17. The van der Waals surface area contributed by atoms with E-state index in [1.165, 1.54) is 50.0 Å². The number of aromatic amines is 1. The Balaban J connectivity index is 1.77. The number of benzene rings is 4. The molecule has 6 rings (SSSR count). The van der Waals surface area contributed by atoms with Gasteiger partial charge in [-0.05, 0) is 35.9 Å². The van der Waals surface area contributed by atoms with Crippen molar-refractivity contribution in [1.82, 2.24) is 4.98 Å². The van der Waals surface area contributed by atoms with Crippen LogP contribution in [0.3, 0.4) is 0 Å². The SMILES string of the molecule is CC1(C)c2ccccc2N(c2ccccc2)c2ccc3c([nH]c4ccccc43)c21. The Kier molecular flexibility index (Phi) is 3.25. The molecule has 1 aromatic heterocycles.